The number of hydrogen-bond acceptors (Lipinski definition) is 6. The Bertz CT molecular complexity index is 1260. The lowest BCUT2D eigenvalue weighted by Crippen LogP contribution is -2.30. The maximum atomic E-state index is 12.7. The molecule has 0 bridgehead atoms. The zero-order valence-electron chi connectivity index (χ0n) is 37.7. The maximum absolute atomic E-state index is 12.7. The van der Waals surface area contributed by atoms with Crippen molar-refractivity contribution in [1.82, 2.24) is 0 Å². The van der Waals surface area contributed by atoms with Crippen molar-refractivity contribution in [1.29, 1.82) is 0 Å². The van der Waals surface area contributed by atoms with Crippen molar-refractivity contribution in [3.05, 3.63) is 109 Å². The molecule has 0 N–H and O–H groups in total. The summed E-state index contributed by atoms with van der Waals surface area (Å²) in [5.74, 6) is -1.11. The molecule has 6 nitrogen and oxygen atoms in total. The molecular weight excluding hydrogens is 733 g/mol. The minimum Gasteiger partial charge on any atom is -0.462 e. The van der Waals surface area contributed by atoms with Crippen LogP contribution in [0.4, 0.5) is 0 Å². The quantitative estimate of drug-likeness (QED) is 0.0201. The summed E-state index contributed by atoms with van der Waals surface area (Å²) in [6.07, 6.45) is 62.5. The molecule has 0 aliphatic rings. The summed E-state index contributed by atoms with van der Waals surface area (Å²) in [7, 11) is 0. The van der Waals surface area contributed by atoms with Crippen LogP contribution in [0.15, 0.2) is 109 Å². The molecule has 332 valence electrons. The molecular formula is C53H84O6. The predicted molar refractivity (Wildman–Crippen MR) is 251 cm³/mol. The monoisotopic (exact) mass is 817 g/mol. The Balaban J connectivity index is 4.43. The minimum atomic E-state index is -0.835. The average Bonchev–Trinajstić information content (AvgIpc) is 3.23. The Morgan fingerprint density at radius 1 is 0.390 bits per heavy atom. The van der Waals surface area contributed by atoms with Crippen LogP contribution < -0.4 is 0 Å². The highest BCUT2D eigenvalue weighted by molar-refractivity contribution is 5.72. The summed E-state index contributed by atoms with van der Waals surface area (Å²) in [6, 6.07) is 0. The predicted octanol–water partition coefficient (Wildman–Crippen LogP) is 15.2. The largest absolute Gasteiger partial charge is 0.462 e. The molecule has 0 aromatic rings. The average molecular weight is 817 g/mol. The summed E-state index contributed by atoms with van der Waals surface area (Å²) in [5.41, 5.74) is 0. The van der Waals surface area contributed by atoms with Crippen LogP contribution in [0.5, 0.6) is 0 Å². The SMILES string of the molecule is CC\C=C/C=C\C=C/C=C\CCCCCC(=O)OC(COC(=O)C/C=C\C/C=C\C/C=C\CC)COC(=O)CCCCCCCCCCCC/C=C\C=C/CCCCC. The molecule has 0 rings (SSSR count). The van der Waals surface area contributed by atoms with Crippen LogP contribution in [0, 0.1) is 0 Å². The zero-order valence-corrected chi connectivity index (χ0v) is 37.7. The summed E-state index contributed by atoms with van der Waals surface area (Å²) < 4.78 is 16.6. The van der Waals surface area contributed by atoms with Gasteiger partial charge in [0.15, 0.2) is 6.10 Å². The molecule has 0 heterocycles. The Hall–Kier alpha value is -3.93. The number of carbonyl (C=O) groups excluding carboxylic acids is 3. The summed E-state index contributed by atoms with van der Waals surface area (Å²) in [5, 5.41) is 0. The highest BCUT2D eigenvalue weighted by atomic mass is 16.6. The first-order valence-corrected chi connectivity index (χ1v) is 23.5. The van der Waals surface area contributed by atoms with E-state index in [1.165, 1.54) is 77.0 Å². The van der Waals surface area contributed by atoms with Gasteiger partial charge in [0.1, 0.15) is 13.2 Å². The number of carbonyl (C=O) groups is 3. The fraction of sp³-hybridized carbons (Fsp3) is 0.604. The number of hydrogen-bond donors (Lipinski definition) is 0. The van der Waals surface area contributed by atoms with Gasteiger partial charge in [0.2, 0.25) is 0 Å². The van der Waals surface area contributed by atoms with E-state index in [2.05, 4.69) is 81.5 Å². The second-order valence-electron chi connectivity index (χ2n) is 15.0. The topological polar surface area (TPSA) is 78.9 Å². The molecule has 0 fully saturated rings. The molecule has 0 aromatic carbocycles. The van der Waals surface area contributed by atoms with Crippen LogP contribution in [-0.2, 0) is 28.6 Å². The Kier molecular flexibility index (Phi) is 43.6. The Morgan fingerprint density at radius 3 is 1.36 bits per heavy atom. The van der Waals surface area contributed by atoms with E-state index < -0.39 is 12.1 Å². The summed E-state index contributed by atoms with van der Waals surface area (Å²) >= 11 is 0. The molecule has 6 heteroatoms. The number of allylic oxidation sites excluding steroid dienone is 17. The molecule has 0 saturated heterocycles. The molecule has 0 aromatic heterocycles. The molecule has 0 spiro atoms. The summed E-state index contributed by atoms with van der Waals surface area (Å²) in [4.78, 5) is 37.7. The first-order chi connectivity index (χ1) is 29.0. The van der Waals surface area contributed by atoms with Crippen molar-refractivity contribution in [2.45, 2.75) is 194 Å². The van der Waals surface area contributed by atoms with E-state index in [9.17, 15) is 14.4 Å². The summed E-state index contributed by atoms with van der Waals surface area (Å²) in [6.45, 7) is 6.19. The van der Waals surface area contributed by atoms with Gasteiger partial charge in [-0.25, -0.2) is 0 Å². The van der Waals surface area contributed by atoms with Crippen LogP contribution in [0.3, 0.4) is 0 Å². The van der Waals surface area contributed by atoms with Crippen molar-refractivity contribution < 1.29 is 28.6 Å². The van der Waals surface area contributed by atoms with Crippen LogP contribution in [-0.4, -0.2) is 37.2 Å². The van der Waals surface area contributed by atoms with E-state index in [-0.39, 0.29) is 38.0 Å². The van der Waals surface area contributed by atoms with Crippen molar-refractivity contribution >= 4 is 17.9 Å². The third-order valence-corrected chi connectivity index (χ3v) is 9.40. The Morgan fingerprint density at radius 2 is 0.797 bits per heavy atom. The van der Waals surface area contributed by atoms with Gasteiger partial charge in [-0.05, 0) is 77.0 Å². The fourth-order valence-corrected chi connectivity index (χ4v) is 5.91. The third-order valence-electron chi connectivity index (χ3n) is 9.40. The van der Waals surface area contributed by atoms with Gasteiger partial charge < -0.3 is 14.2 Å². The normalized spacial score (nSPS) is 13.1. The maximum Gasteiger partial charge on any atom is 0.309 e. The molecule has 0 radical (unpaired) electrons. The highest BCUT2D eigenvalue weighted by Gasteiger charge is 2.19. The lowest BCUT2D eigenvalue weighted by atomic mass is 10.1. The Labute approximate surface area is 361 Å². The standard InChI is InChI=1S/C53H84O6/c1-4-7-10-13-16-19-21-23-24-25-26-27-28-30-31-34-37-40-43-46-52(55)58-49-50(48-57-51(54)45-42-39-36-33-18-15-12-9-6-3)59-53(56)47-44-41-38-35-32-29-22-20-17-14-11-8-5-2/h8-9,11-12,14,16-23,29,32-33,39,42,50H,4-7,10,13,15,24-28,30-31,34-38,40-41,43-49H2,1-3H3/b11-8-,12-9-,17-14-,19-16-,22-20-,23-21-,32-29-,33-18-,42-39-. The van der Waals surface area contributed by atoms with Crippen LogP contribution >= 0.6 is 0 Å². The number of esters is 3. The van der Waals surface area contributed by atoms with Gasteiger partial charge in [-0.1, -0.05) is 201 Å². The second-order valence-corrected chi connectivity index (χ2v) is 15.0. The number of rotatable bonds is 40. The van der Waals surface area contributed by atoms with Crippen molar-refractivity contribution in [3.8, 4) is 0 Å². The van der Waals surface area contributed by atoms with E-state index in [1.54, 1.807) is 6.08 Å². The van der Waals surface area contributed by atoms with Gasteiger partial charge in [0, 0.05) is 12.8 Å². The van der Waals surface area contributed by atoms with E-state index >= 15 is 0 Å². The molecule has 1 atom stereocenters. The van der Waals surface area contributed by atoms with Crippen LogP contribution in [0.2, 0.25) is 0 Å². The van der Waals surface area contributed by atoms with Gasteiger partial charge in [-0.15, -0.1) is 0 Å². The molecule has 0 amide bonds. The smallest absolute Gasteiger partial charge is 0.309 e. The van der Waals surface area contributed by atoms with E-state index in [0.29, 0.717) is 12.8 Å². The van der Waals surface area contributed by atoms with Crippen LogP contribution in [0.25, 0.3) is 0 Å². The van der Waals surface area contributed by atoms with Crippen LogP contribution in [0.1, 0.15) is 188 Å². The first kappa shape index (κ1) is 55.1. The van der Waals surface area contributed by atoms with Gasteiger partial charge in [-0.2, -0.15) is 0 Å². The van der Waals surface area contributed by atoms with Crippen molar-refractivity contribution in [2.75, 3.05) is 13.2 Å². The highest BCUT2D eigenvalue weighted by Crippen LogP contribution is 2.13. The van der Waals surface area contributed by atoms with Gasteiger partial charge in [0.25, 0.3) is 0 Å². The molecule has 0 aliphatic carbocycles. The van der Waals surface area contributed by atoms with E-state index in [4.69, 9.17) is 14.2 Å². The van der Waals surface area contributed by atoms with Gasteiger partial charge in [-0.3, -0.25) is 14.4 Å². The minimum absolute atomic E-state index is 0.122. The molecule has 0 aliphatic heterocycles. The number of ether oxygens (including phenoxy) is 3. The lowest BCUT2D eigenvalue weighted by molar-refractivity contribution is -0.166. The van der Waals surface area contributed by atoms with Gasteiger partial charge in [0.05, 0.1) is 6.42 Å². The zero-order chi connectivity index (χ0) is 43.0. The molecule has 1 unspecified atom stereocenters. The number of unbranched alkanes of at least 4 members (excludes halogenated alkanes) is 16. The third kappa shape index (κ3) is 45.0. The first-order valence-electron chi connectivity index (χ1n) is 23.5. The molecule has 0 saturated carbocycles. The lowest BCUT2D eigenvalue weighted by Gasteiger charge is -2.18. The molecule has 59 heavy (non-hydrogen) atoms. The van der Waals surface area contributed by atoms with Crippen molar-refractivity contribution in [3.63, 3.8) is 0 Å². The van der Waals surface area contributed by atoms with E-state index in [0.717, 1.165) is 64.2 Å². The van der Waals surface area contributed by atoms with Gasteiger partial charge >= 0.3 is 17.9 Å². The van der Waals surface area contributed by atoms with E-state index in [1.807, 2.05) is 42.5 Å². The van der Waals surface area contributed by atoms with Crippen molar-refractivity contribution in [2.24, 2.45) is 0 Å². The fourth-order valence-electron chi connectivity index (χ4n) is 5.91. The second kappa shape index (κ2) is 46.8.